The van der Waals surface area contributed by atoms with Gasteiger partial charge in [-0.2, -0.15) is 0 Å². The van der Waals surface area contributed by atoms with Crippen LogP contribution in [0.5, 0.6) is 23.0 Å². The van der Waals surface area contributed by atoms with Gasteiger partial charge in [-0.1, -0.05) is 133 Å². The summed E-state index contributed by atoms with van der Waals surface area (Å²) in [6.07, 6.45) is 6.91. The van der Waals surface area contributed by atoms with E-state index in [2.05, 4.69) is 193 Å². The minimum atomic E-state index is 0.0851. The molecule has 61 heavy (non-hydrogen) atoms. The number of nitrogens with zero attached hydrogens (tertiary/aromatic N) is 1. The van der Waals surface area contributed by atoms with Crippen molar-refractivity contribution in [2.75, 3.05) is 4.90 Å². The molecule has 5 aliphatic carbocycles. The van der Waals surface area contributed by atoms with Crippen molar-refractivity contribution in [3.8, 4) is 67.5 Å². The van der Waals surface area contributed by atoms with Crippen LogP contribution in [0, 0.1) is 23.7 Å². The second-order valence-corrected chi connectivity index (χ2v) is 18.1. The molecule has 1 heterocycles. The Morgan fingerprint density at radius 1 is 0.361 bits per heavy atom. The molecule has 4 saturated carbocycles. The lowest BCUT2D eigenvalue weighted by molar-refractivity contribution is -0.0397. The molecule has 3 nitrogen and oxygen atoms in total. The molecule has 0 aromatic heterocycles. The van der Waals surface area contributed by atoms with E-state index in [0.29, 0.717) is 17.6 Å². The number of ether oxygens (including phenoxy) is 2. The minimum Gasteiger partial charge on any atom is -0.449 e. The molecule has 0 unspecified atom stereocenters. The summed E-state index contributed by atoms with van der Waals surface area (Å²) in [6.45, 7) is 0. The molecule has 14 rings (SSSR count). The fraction of sp³-hybridized carbons (Fsp3) is 0.172. The minimum absolute atomic E-state index is 0.0851. The van der Waals surface area contributed by atoms with Crippen LogP contribution in [-0.4, -0.2) is 0 Å². The van der Waals surface area contributed by atoms with Crippen molar-refractivity contribution in [1.29, 1.82) is 0 Å². The number of hydrogen-bond donors (Lipinski definition) is 0. The van der Waals surface area contributed by atoms with Gasteiger partial charge in [0.1, 0.15) is 0 Å². The quantitative estimate of drug-likeness (QED) is 0.168. The average Bonchev–Trinajstić information content (AvgIpc) is 3.62. The van der Waals surface area contributed by atoms with Crippen LogP contribution in [-0.2, 0) is 5.41 Å². The Balaban J connectivity index is 0.859. The van der Waals surface area contributed by atoms with Crippen molar-refractivity contribution < 1.29 is 9.47 Å². The fourth-order valence-electron chi connectivity index (χ4n) is 12.6. The van der Waals surface area contributed by atoms with Crippen molar-refractivity contribution in [2.45, 2.75) is 37.5 Å². The fourth-order valence-corrected chi connectivity index (χ4v) is 12.6. The first-order valence-corrected chi connectivity index (χ1v) is 22.2. The smallest absolute Gasteiger partial charge is 0.172 e. The third-order valence-corrected chi connectivity index (χ3v) is 14.9. The zero-order valence-electron chi connectivity index (χ0n) is 34.0. The van der Waals surface area contributed by atoms with E-state index in [-0.39, 0.29) is 5.41 Å². The molecule has 0 saturated heterocycles. The van der Waals surface area contributed by atoms with Crippen LogP contribution in [0.2, 0.25) is 0 Å². The van der Waals surface area contributed by atoms with E-state index in [9.17, 15) is 0 Å². The number of benzene rings is 8. The zero-order valence-corrected chi connectivity index (χ0v) is 34.0. The molecule has 0 radical (unpaired) electrons. The summed E-state index contributed by atoms with van der Waals surface area (Å²) in [5.41, 5.74) is 16.5. The van der Waals surface area contributed by atoms with E-state index in [1.807, 2.05) is 0 Å². The molecule has 4 bridgehead atoms. The Bertz CT molecular complexity index is 2860. The van der Waals surface area contributed by atoms with E-state index in [1.54, 1.807) is 11.1 Å². The molecule has 6 aliphatic rings. The Morgan fingerprint density at radius 3 is 1.46 bits per heavy atom. The third-order valence-electron chi connectivity index (χ3n) is 14.9. The van der Waals surface area contributed by atoms with Crippen LogP contribution in [0.3, 0.4) is 0 Å². The van der Waals surface area contributed by atoms with E-state index in [4.69, 9.17) is 9.47 Å². The molecular formula is C58H45NO2. The summed E-state index contributed by atoms with van der Waals surface area (Å²) in [5, 5.41) is 0. The van der Waals surface area contributed by atoms with Gasteiger partial charge in [-0.25, -0.2) is 0 Å². The highest BCUT2D eigenvalue weighted by molar-refractivity contribution is 5.90. The van der Waals surface area contributed by atoms with Gasteiger partial charge in [-0.3, -0.25) is 0 Å². The highest BCUT2D eigenvalue weighted by Gasteiger charge is 2.62. The zero-order chi connectivity index (χ0) is 40.1. The average molecular weight is 788 g/mol. The molecule has 4 fully saturated rings. The van der Waals surface area contributed by atoms with Crippen molar-refractivity contribution in [2.24, 2.45) is 23.7 Å². The van der Waals surface area contributed by atoms with E-state index in [0.717, 1.165) is 46.1 Å². The summed E-state index contributed by atoms with van der Waals surface area (Å²) >= 11 is 0. The van der Waals surface area contributed by atoms with Gasteiger partial charge in [-0.15, -0.1) is 0 Å². The number of anilines is 3. The van der Waals surface area contributed by atoms with Crippen LogP contribution >= 0.6 is 0 Å². The molecule has 0 atom stereocenters. The van der Waals surface area contributed by atoms with Crippen LogP contribution in [0.25, 0.3) is 44.5 Å². The Hall–Kier alpha value is -6.84. The molecule has 1 spiro atoms. The van der Waals surface area contributed by atoms with Gasteiger partial charge in [0, 0.05) is 22.9 Å². The van der Waals surface area contributed by atoms with Crippen LogP contribution in [0.1, 0.15) is 43.2 Å². The maximum Gasteiger partial charge on any atom is 0.172 e. The lowest BCUT2D eigenvalue weighted by Gasteiger charge is -2.61. The molecule has 0 N–H and O–H groups in total. The van der Waals surface area contributed by atoms with Crippen molar-refractivity contribution in [3.63, 3.8) is 0 Å². The predicted octanol–water partition coefficient (Wildman–Crippen LogP) is 15.8. The van der Waals surface area contributed by atoms with Gasteiger partial charge in [0.15, 0.2) is 23.0 Å². The Labute approximate surface area is 357 Å². The molecule has 294 valence electrons. The highest BCUT2D eigenvalue weighted by Crippen LogP contribution is 2.70. The predicted molar refractivity (Wildman–Crippen MR) is 247 cm³/mol. The molecule has 1 aliphatic heterocycles. The number of fused-ring (bicyclic) bond motifs is 5. The van der Waals surface area contributed by atoms with Crippen molar-refractivity contribution in [3.05, 3.63) is 199 Å². The summed E-state index contributed by atoms with van der Waals surface area (Å²) in [4.78, 5) is 2.29. The van der Waals surface area contributed by atoms with E-state index >= 15 is 0 Å². The molecular weight excluding hydrogens is 743 g/mol. The van der Waals surface area contributed by atoms with Crippen LogP contribution < -0.4 is 14.4 Å². The molecule has 3 heteroatoms. The van der Waals surface area contributed by atoms with Crippen LogP contribution in [0.4, 0.5) is 17.1 Å². The summed E-state index contributed by atoms with van der Waals surface area (Å²) in [7, 11) is 0. The first-order chi connectivity index (χ1) is 30.2. The van der Waals surface area contributed by atoms with Gasteiger partial charge in [0.05, 0.1) is 5.69 Å². The summed E-state index contributed by atoms with van der Waals surface area (Å²) in [6, 6.07) is 68.0. The third kappa shape index (κ3) is 5.42. The largest absolute Gasteiger partial charge is 0.449 e. The standard InChI is InChI=1S/C58H45NO2/c1-3-10-39(11-4-1)41-18-23-46(24-19-41)59(47-25-20-42(21-26-47)40-12-5-2-6-13-40)48-27-29-54-56(36-48)61-53-28-22-43(35-55(53)60-54)49-15-9-16-51-50-14-7-8-17-52(50)58(57(49)51)44-31-37-30-38(33-44)34-45(58)32-37/h1-29,35-38,44-45H,30-34H2. The van der Waals surface area contributed by atoms with Gasteiger partial charge < -0.3 is 14.4 Å². The van der Waals surface area contributed by atoms with Gasteiger partial charge in [0.2, 0.25) is 0 Å². The Kier molecular flexibility index (Phi) is 7.79. The molecule has 8 aromatic rings. The van der Waals surface area contributed by atoms with Crippen LogP contribution in [0.15, 0.2) is 188 Å². The monoisotopic (exact) mass is 787 g/mol. The lowest BCUT2D eigenvalue weighted by atomic mass is 9.42. The maximum absolute atomic E-state index is 6.78. The van der Waals surface area contributed by atoms with Gasteiger partial charge >= 0.3 is 0 Å². The molecule has 8 aromatic carbocycles. The van der Waals surface area contributed by atoms with Gasteiger partial charge in [-0.05, 0) is 160 Å². The number of hydrogen-bond acceptors (Lipinski definition) is 3. The van der Waals surface area contributed by atoms with Gasteiger partial charge in [0.25, 0.3) is 0 Å². The molecule has 0 amide bonds. The number of rotatable bonds is 6. The second kappa shape index (κ2) is 13.6. The lowest BCUT2D eigenvalue weighted by Crippen LogP contribution is -2.55. The first-order valence-electron chi connectivity index (χ1n) is 22.2. The topological polar surface area (TPSA) is 21.7 Å². The second-order valence-electron chi connectivity index (χ2n) is 18.1. The first kappa shape index (κ1) is 35.0. The summed E-state index contributed by atoms with van der Waals surface area (Å²) in [5.74, 6) is 6.12. The van der Waals surface area contributed by atoms with Crippen molar-refractivity contribution in [1.82, 2.24) is 0 Å². The summed E-state index contributed by atoms with van der Waals surface area (Å²) < 4.78 is 13.5. The van der Waals surface area contributed by atoms with Crippen molar-refractivity contribution >= 4 is 17.1 Å². The SMILES string of the molecule is c1ccc(-c2ccc(N(c3ccc(-c4ccccc4)cc3)c3ccc4c(c3)Oc3ccc(-c5cccc6c5C5(c7ccccc7-6)C6CC7CC(C6)CC5C7)cc3O4)cc2)cc1. The normalized spacial score (nSPS) is 22.1. The van der Waals surface area contributed by atoms with E-state index < -0.39 is 0 Å². The maximum atomic E-state index is 6.78. The highest BCUT2D eigenvalue weighted by atomic mass is 16.6. The van der Waals surface area contributed by atoms with E-state index in [1.165, 1.54) is 76.6 Å². The Morgan fingerprint density at radius 2 is 0.836 bits per heavy atom.